The standard InChI is InChI=1S/C26H28F3N3O4S/c1-18-21-4-2-5-22(23(21)31-17-30-18)37(35,36)16-19-6-8-20(9-7-19)24(33)32-14-12-25(34,13-15-32)10-3-11-26(27,28)29/h2,4-9,17,34H,3,10-16H2,1H3. The molecule has 37 heavy (non-hydrogen) atoms. The van der Waals surface area contributed by atoms with Crippen LogP contribution in [0.5, 0.6) is 0 Å². The number of amides is 1. The fraction of sp³-hybridized carbons (Fsp3) is 0.423. The second-order valence-corrected chi connectivity index (χ2v) is 11.5. The Morgan fingerprint density at radius 3 is 2.41 bits per heavy atom. The van der Waals surface area contributed by atoms with E-state index in [-0.39, 0.29) is 55.3 Å². The number of para-hydroxylation sites is 1. The molecule has 1 amide bonds. The summed E-state index contributed by atoms with van der Waals surface area (Å²) >= 11 is 0. The Morgan fingerprint density at radius 2 is 1.76 bits per heavy atom. The van der Waals surface area contributed by atoms with E-state index in [2.05, 4.69) is 9.97 Å². The highest BCUT2D eigenvalue weighted by Crippen LogP contribution is 2.31. The Labute approximate surface area is 213 Å². The lowest BCUT2D eigenvalue weighted by Gasteiger charge is -2.38. The van der Waals surface area contributed by atoms with Crippen LogP contribution < -0.4 is 0 Å². The van der Waals surface area contributed by atoms with Gasteiger partial charge in [0, 0.05) is 36.2 Å². The number of nitrogens with zero attached hydrogens (tertiary/aromatic N) is 3. The average molecular weight is 536 g/mol. The minimum Gasteiger partial charge on any atom is -0.390 e. The lowest BCUT2D eigenvalue weighted by atomic mass is 9.86. The number of alkyl halides is 3. The Hall–Kier alpha value is -3.05. The molecule has 0 saturated carbocycles. The third kappa shape index (κ3) is 6.45. The second kappa shape index (κ2) is 10.4. The maximum absolute atomic E-state index is 13.2. The van der Waals surface area contributed by atoms with Crippen molar-refractivity contribution < 1.29 is 31.5 Å². The van der Waals surface area contributed by atoms with E-state index in [1.807, 2.05) is 0 Å². The largest absolute Gasteiger partial charge is 0.390 e. The van der Waals surface area contributed by atoms with E-state index < -0.39 is 28.0 Å². The topological polar surface area (TPSA) is 100 Å². The zero-order chi connectivity index (χ0) is 26.8. The third-order valence-electron chi connectivity index (χ3n) is 6.80. The van der Waals surface area contributed by atoms with E-state index in [4.69, 9.17) is 0 Å². The van der Waals surface area contributed by atoms with Crippen LogP contribution >= 0.6 is 0 Å². The number of likely N-dealkylation sites (tertiary alicyclic amines) is 1. The Bertz CT molecular complexity index is 1380. The predicted octanol–water partition coefficient (Wildman–Crippen LogP) is 4.61. The molecule has 0 atom stereocenters. The van der Waals surface area contributed by atoms with E-state index in [1.54, 1.807) is 48.2 Å². The van der Waals surface area contributed by atoms with Gasteiger partial charge in [-0.15, -0.1) is 0 Å². The van der Waals surface area contributed by atoms with Crippen molar-refractivity contribution in [3.63, 3.8) is 0 Å². The number of benzene rings is 2. The highest BCUT2D eigenvalue weighted by Gasteiger charge is 2.35. The van der Waals surface area contributed by atoms with Crippen LogP contribution in [0, 0.1) is 6.92 Å². The Balaban J connectivity index is 1.39. The summed E-state index contributed by atoms with van der Waals surface area (Å²) in [5.41, 5.74) is 0.729. The second-order valence-electron chi connectivity index (χ2n) is 9.55. The van der Waals surface area contributed by atoms with Crippen molar-refractivity contribution in [2.24, 2.45) is 0 Å². The molecule has 2 aromatic carbocycles. The first-order valence-corrected chi connectivity index (χ1v) is 13.6. The van der Waals surface area contributed by atoms with Gasteiger partial charge in [-0.2, -0.15) is 13.2 Å². The monoisotopic (exact) mass is 535 g/mol. The van der Waals surface area contributed by atoms with Gasteiger partial charge in [0.15, 0.2) is 9.84 Å². The van der Waals surface area contributed by atoms with Gasteiger partial charge in [0.1, 0.15) is 6.33 Å². The van der Waals surface area contributed by atoms with Crippen molar-refractivity contribution in [3.8, 4) is 0 Å². The molecule has 1 aromatic heterocycles. The van der Waals surface area contributed by atoms with Crippen LogP contribution in [0.4, 0.5) is 13.2 Å². The van der Waals surface area contributed by atoms with E-state index in [0.29, 0.717) is 27.7 Å². The van der Waals surface area contributed by atoms with Crippen LogP contribution in [0.15, 0.2) is 53.7 Å². The summed E-state index contributed by atoms with van der Waals surface area (Å²) < 4.78 is 63.5. The molecule has 4 rings (SSSR count). The molecule has 0 unspecified atom stereocenters. The number of carbonyl (C=O) groups excluding carboxylic acids is 1. The molecule has 1 aliphatic heterocycles. The summed E-state index contributed by atoms with van der Waals surface area (Å²) in [7, 11) is -3.72. The number of rotatable bonds is 7. The fourth-order valence-electron chi connectivity index (χ4n) is 4.66. The summed E-state index contributed by atoms with van der Waals surface area (Å²) in [6.45, 7) is 2.26. The van der Waals surface area contributed by atoms with Crippen LogP contribution in [-0.2, 0) is 15.6 Å². The molecule has 0 radical (unpaired) electrons. The third-order valence-corrected chi connectivity index (χ3v) is 8.52. The van der Waals surface area contributed by atoms with Crippen molar-refractivity contribution >= 4 is 26.6 Å². The van der Waals surface area contributed by atoms with Crippen molar-refractivity contribution in [3.05, 3.63) is 65.6 Å². The van der Waals surface area contributed by atoms with Gasteiger partial charge in [-0.3, -0.25) is 4.79 Å². The molecule has 1 aliphatic rings. The Morgan fingerprint density at radius 1 is 1.08 bits per heavy atom. The van der Waals surface area contributed by atoms with Crippen LogP contribution in [0.2, 0.25) is 0 Å². The molecule has 1 N–H and O–H groups in total. The molecule has 0 aliphatic carbocycles. The number of piperidine rings is 1. The van der Waals surface area contributed by atoms with Crippen LogP contribution in [0.1, 0.15) is 53.7 Å². The first-order valence-electron chi connectivity index (χ1n) is 12.0. The van der Waals surface area contributed by atoms with Gasteiger partial charge in [0.25, 0.3) is 5.91 Å². The average Bonchev–Trinajstić information content (AvgIpc) is 2.83. The SMILES string of the molecule is Cc1ncnc2c(S(=O)(=O)Cc3ccc(C(=O)N4CCC(O)(CCCC(F)(F)F)CC4)cc3)cccc12. The van der Waals surface area contributed by atoms with E-state index in [9.17, 15) is 31.5 Å². The molecule has 7 nitrogen and oxygen atoms in total. The smallest absolute Gasteiger partial charge is 0.389 e. The lowest BCUT2D eigenvalue weighted by molar-refractivity contribution is -0.138. The van der Waals surface area contributed by atoms with Crippen LogP contribution in [0.3, 0.4) is 0 Å². The highest BCUT2D eigenvalue weighted by molar-refractivity contribution is 7.90. The molecule has 198 valence electrons. The first kappa shape index (κ1) is 27.0. The Kier molecular flexibility index (Phi) is 7.57. The van der Waals surface area contributed by atoms with Crippen molar-refractivity contribution in [1.82, 2.24) is 14.9 Å². The lowest BCUT2D eigenvalue weighted by Crippen LogP contribution is -2.46. The van der Waals surface area contributed by atoms with Crippen molar-refractivity contribution in [2.75, 3.05) is 13.1 Å². The fourth-order valence-corrected chi connectivity index (χ4v) is 6.19. The molecular formula is C26H28F3N3O4S. The van der Waals surface area contributed by atoms with Gasteiger partial charge in [-0.1, -0.05) is 24.3 Å². The summed E-state index contributed by atoms with van der Waals surface area (Å²) in [6.07, 6.45) is -3.54. The maximum atomic E-state index is 13.2. The van der Waals surface area contributed by atoms with E-state index >= 15 is 0 Å². The number of fused-ring (bicyclic) bond motifs is 1. The molecule has 11 heteroatoms. The van der Waals surface area contributed by atoms with Gasteiger partial charge in [0.2, 0.25) is 0 Å². The summed E-state index contributed by atoms with van der Waals surface area (Å²) in [6, 6.07) is 11.3. The van der Waals surface area contributed by atoms with Crippen LogP contribution in [0.25, 0.3) is 10.9 Å². The molecule has 3 aromatic rings. The minimum atomic E-state index is -4.25. The summed E-state index contributed by atoms with van der Waals surface area (Å²) in [4.78, 5) is 22.9. The quantitative estimate of drug-likeness (QED) is 0.474. The van der Waals surface area contributed by atoms with Crippen molar-refractivity contribution in [2.45, 2.75) is 61.5 Å². The number of halogens is 3. The molecule has 1 fully saturated rings. The zero-order valence-corrected chi connectivity index (χ0v) is 21.1. The maximum Gasteiger partial charge on any atom is 0.389 e. The van der Waals surface area contributed by atoms with Crippen LogP contribution in [-0.4, -0.2) is 59.2 Å². The minimum absolute atomic E-state index is 0.0417. The van der Waals surface area contributed by atoms with Crippen molar-refractivity contribution in [1.29, 1.82) is 0 Å². The highest BCUT2D eigenvalue weighted by atomic mass is 32.2. The number of carbonyl (C=O) groups is 1. The number of aromatic nitrogens is 2. The molecule has 1 saturated heterocycles. The number of hydrogen-bond acceptors (Lipinski definition) is 6. The van der Waals surface area contributed by atoms with Gasteiger partial charge in [-0.25, -0.2) is 18.4 Å². The number of sulfone groups is 1. The zero-order valence-electron chi connectivity index (χ0n) is 20.3. The number of hydrogen-bond donors (Lipinski definition) is 1. The molecule has 0 bridgehead atoms. The van der Waals surface area contributed by atoms with Gasteiger partial charge in [-0.05, 0) is 56.4 Å². The van der Waals surface area contributed by atoms with Gasteiger partial charge in [0.05, 0.1) is 21.8 Å². The first-order chi connectivity index (χ1) is 17.4. The summed E-state index contributed by atoms with van der Waals surface area (Å²) in [5, 5.41) is 11.3. The summed E-state index contributed by atoms with van der Waals surface area (Å²) in [5.74, 6) is -0.536. The van der Waals surface area contributed by atoms with E-state index in [1.165, 1.54) is 12.4 Å². The predicted molar refractivity (Wildman–Crippen MR) is 132 cm³/mol. The van der Waals surface area contributed by atoms with E-state index in [0.717, 1.165) is 0 Å². The number of aliphatic hydroxyl groups is 1. The van der Waals surface area contributed by atoms with Gasteiger partial charge < -0.3 is 10.0 Å². The molecule has 2 heterocycles. The normalized spacial score (nSPS) is 16.2. The molecular weight excluding hydrogens is 507 g/mol. The number of aryl methyl sites for hydroxylation is 1. The molecule has 0 spiro atoms. The van der Waals surface area contributed by atoms with Gasteiger partial charge >= 0.3 is 6.18 Å².